The Labute approximate surface area is 107 Å². The standard InChI is InChI=1S/C14H19N3O/c1-10(2)13-12(9-15)16(3)17(14(13)18)11-7-5-4-6-8-11/h4-8,10H,9,15H2,1-3H3. The fourth-order valence-electron chi connectivity index (χ4n) is 2.35. The van der Waals surface area contributed by atoms with Crippen LogP contribution in [0.1, 0.15) is 31.0 Å². The number of nitrogens with two attached hydrogens (primary N) is 1. The molecule has 1 aromatic heterocycles. The van der Waals surface area contributed by atoms with Gasteiger partial charge in [0.25, 0.3) is 5.56 Å². The Morgan fingerprint density at radius 1 is 1.22 bits per heavy atom. The lowest BCUT2D eigenvalue weighted by Gasteiger charge is -2.09. The minimum Gasteiger partial charge on any atom is -0.325 e. The summed E-state index contributed by atoms with van der Waals surface area (Å²) >= 11 is 0. The van der Waals surface area contributed by atoms with Crippen molar-refractivity contribution < 1.29 is 0 Å². The summed E-state index contributed by atoms with van der Waals surface area (Å²) in [7, 11) is 1.88. The predicted octanol–water partition coefficient (Wildman–Crippen LogP) is 1.76. The molecule has 0 radical (unpaired) electrons. The Bertz CT molecular complexity index is 593. The van der Waals surface area contributed by atoms with Crippen LogP contribution in [-0.4, -0.2) is 9.36 Å². The molecular weight excluding hydrogens is 226 g/mol. The van der Waals surface area contributed by atoms with Crippen LogP contribution in [0.3, 0.4) is 0 Å². The smallest absolute Gasteiger partial charge is 0.275 e. The maximum absolute atomic E-state index is 12.5. The summed E-state index contributed by atoms with van der Waals surface area (Å²) in [5, 5.41) is 0. The van der Waals surface area contributed by atoms with Crippen molar-refractivity contribution in [2.45, 2.75) is 26.3 Å². The van der Waals surface area contributed by atoms with Crippen molar-refractivity contribution in [1.29, 1.82) is 0 Å². The van der Waals surface area contributed by atoms with E-state index in [-0.39, 0.29) is 11.5 Å². The average molecular weight is 245 g/mol. The minimum absolute atomic E-state index is 0.0270. The Kier molecular flexibility index (Phi) is 3.39. The van der Waals surface area contributed by atoms with Crippen molar-refractivity contribution in [3.05, 3.63) is 51.9 Å². The molecule has 0 aliphatic heterocycles. The normalized spacial score (nSPS) is 11.2. The highest BCUT2D eigenvalue weighted by Crippen LogP contribution is 2.17. The molecule has 0 aliphatic rings. The van der Waals surface area contributed by atoms with Crippen molar-refractivity contribution >= 4 is 0 Å². The monoisotopic (exact) mass is 245 g/mol. The molecule has 18 heavy (non-hydrogen) atoms. The average Bonchev–Trinajstić information content (AvgIpc) is 2.61. The molecule has 2 N–H and O–H groups in total. The van der Waals surface area contributed by atoms with Gasteiger partial charge in [0.2, 0.25) is 0 Å². The molecule has 0 atom stereocenters. The van der Waals surface area contributed by atoms with Gasteiger partial charge < -0.3 is 5.73 Å². The number of hydrogen-bond acceptors (Lipinski definition) is 2. The number of rotatable bonds is 3. The van der Waals surface area contributed by atoms with Gasteiger partial charge in [-0.3, -0.25) is 9.48 Å². The van der Waals surface area contributed by atoms with Crippen LogP contribution >= 0.6 is 0 Å². The molecule has 1 aromatic carbocycles. The summed E-state index contributed by atoms with van der Waals surface area (Å²) < 4.78 is 3.53. The summed E-state index contributed by atoms with van der Waals surface area (Å²) in [5.41, 5.74) is 8.38. The van der Waals surface area contributed by atoms with Gasteiger partial charge in [-0.15, -0.1) is 0 Å². The largest absolute Gasteiger partial charge is 0.325 e. The topological polar surface area (TPSA) is 52.9 Å². The number of nitrogens with zero attached hydrogens (tertiary/aromatic N) is 2. The number of para-hydroxylation sites is 1. The van der Waals surface area contributed by atoms with Crippen LogP contribution in [0.25, 0.3) is 5.69 Å². The van der Waals surface area contributed by atoms with Gasteiger partial charge in [0, 0.05) is 19.2 Å². The van der Waals surface area contributed by atoms with E-state index in [1.165, 1.54) is 0 Å². The zero-order valence-corrected chi connectivity index (χ0v) is 11.1. The zero-order chi connectivity index (χ0) is 13.3. The molecule has 1 heterocycles. The molecule has 0 fully saturated rings. The molecule has 0 aliphatic carbocycles. The molecule has 2 aromatic rings. The Morgan fingerprint density at radius 3 is 2.28 bits per heavy atom. The van der Waals surface area contributed by atoms with Gasteiger partial charge in [0.1, 0.15) is 0 Å². The van der Waals surface area contributed by atoms with Crippen molar-refractivity contribution in [3.63, 3.8) is 0 Å². The lowest BCUT2D eigenvalue weighted by Crippen LogP contribution is -2.21. The summed E-state index contributed by atoms with van der Waals surface area (Å²) in [5.74, 6) is 0.173. The lowest BCUT2D eigenvalue weighted by atomic mass is 10.0. The second kappa shape index (κ2) is 4.82. The maximum Gasteiger partial charge on any atom is 0.275 e. The number of aromatic nitrogens is 2. The SMILES string of the molecule is CC(C)c1c(CN)n(C)n(-c2ccccc2)c1=O. The first-order valence-electron chi connectivity index (χ1n) is 6.14. The summed E-state index contributed by atoms with van der Waals surface area (Å²) in [6.07, 6.45) is 0. The number of hydrogen-bond donors (Lipinski definition) is 1. The third-order valence-electron chi connectivity index (χ3n) is 3.20. The van der Waals surface area contributed by atoms with Crippen molar-refractivity contribution in [3.8, 4) is 5.69 Å². The van der Waals surface area contributed by atoms with E-state index in [4.69, 9.17) is 5.73 Å². The zero-order valence-electron chi connectivity index (χ0n) is 11.1. The summed E-state index contributed by atoms with van der Waals surface area (Å²) in [6.45, 7) is 4.41. The van der Waals surface area contributed by atoms with Crippen molar-refractivity contribution in [2.24, 2.45) is 12.8 Å². The van der Waals surface area contributed by atoms with E-state index in [2.05, 4.69) is 0 Å². The molecule has 0 bridgehead atoms. The van der Waals surface area contributed by atoms with Crippen LogP contribution in [0.15, 0.2) is 35.1 Å². The van der Waals surface area contributed by atoms with Crippen LogP contribution in [0.5, 0.6) is 0 Å². The highest BCUT2D eigenvalue weighted by atomic mass is 16.1. The molecule has 0 unspecified atom stereocenters. The highest BCUT2D eigenvalue weighted by molar-refractivity contribution is 5.34. The van der Waals surface area contributed by atoms with Crippen molar-refractivity contribution in [1.82, 2.24) is 9.36 Å². The Morgan fingerprint density at radius 2 is 1.83 bits per heavy atom. The van der Waals surface area contributed by atoms with Gasteiger partial charge in [0.15, 0.2) is 0 Å². The van der Waals surface area contributed by atoms with Crippen LogP contribution in [0.4, 0.5) is 0 Å². The molecule has 4 heteroatoms. The highest BCUT2D eigenvalue weighted by Gasteiger charge is 2.19. The molecule has 96 valence electrons. The quantitative estimate of drug-likeness (QED) is 0.895. The molecular formula is C14H19N3O. The maximum atomic E-state index is 12.5. The Hall–Kier alpha value is -1.81. The van der Waals surface area contributed by atoms with E-state index >= 15 is 0 Å². The fraction of sp³-hybridized carbons (Fsp3) is 0.357. The van der Waals surface area contributed by atoms with Crippen LogP contribution < -0.4 is 11.3 Å². The van der Waals surface area contributed by atoms with E-state index in [1.807, 2.05) is 55.9 Å². The predicted molar refractivity (Wildman–Crippen MR) is 73.0 cm³/mol. The molecule has 0 saturated heterocycles. The lowest BCUT2D eigenvalue weighted by molar-refractivity contribution is 0.615. The van der Waals surface area contributed by atoms with E-state index in [1.54, 1.807) is 4.68 Å². The van der Waals surface area contributed by atoms with Crippen LogP contribution in [-0.2, 0) is 13.6 Å². The summed E-state index contributed by atoms with van der Waals surface area (Å²) in [4.78, 5) is 12.5. The second-order valence-corrected chi connectivity index (χ2v) is 4.70. The van der Waals surface area contributed by atoms with E-state index in [0.717, 1.165) is 16.9 Å². The van der Waals surface area contributed by atoms with E-state index < -0.39 is 0 Å². The first kappa shape index (κ1) is 12.6. The van der Waals surface area contributed by atoms with E-state index in [9.17, 15) is 4.79 Å². The molecule has 2 rings (SSSR count). The molecule has 0 saturated carbocycles. The molecule has 4 nitrogen and oxygen atoms in total. The first-order valence-corrected chi connectivity index (χ1v) is 6.14. The van der Waals surface area contributed by atoms with Gasteiger partial charge in [0.05, 0.1) is 11.4 Å². The van der Waals surface area contributed by atoms with Gasteiger partial charge in [-0.2, -0.15) is 0 Å². The van der Waals surface area contributed by atoms with Crippen molar-refractivity contribution in [2.75, 3.05) is 0 Å². The van der Waals surface area contributed by atoms with Gasteiger partial charge in [-0.1, -0.05) is 32.0 Å². The minimum atomic E-state index is 0.0270. The Balaban J connectivity index is 2.74. The van der Waals surface area contributed by atoms with Crippen LogP contribution in [0.2, 0.25) is 0 Å². The van der Waals surface area contributed by atoms with Crippen LogP contribution in [0, 0.1) is 0 Å². The second-order valence-electron chi connectivity index (χ2n) is 4.70. The third kappa shape index (κ3) is 1.88. The molecule has 0 spiro atoms. The summed E-state index contributed by atoms with van der Waals surface area (Å²) in [6, 6.07) is 9.63. The van der Waals surface area contributed by atoms with Gasteiger partial charge >= 0.3 is 0 Å². The van der Waals surface area contributed by atoms with E-state index in [0.29, 0.717) is 6.54 Å². The molecule has 0 amide bonds. The first-order chi connectivity index (χ1) is 8.57. The fourth-order valence-corrected chi connectivity index (χ4v) is 2.35. The van der Waals surface area contributed by atoms with Gasteiger partial charge in [-0.05, 0) is 18.1 Å². The third-order valence-corrected chi connectivity index (χ3v) is 3.20. The number of benzene rings is 1. The van der Waals surface area contributed by atoms with Gasteiger partial charge in [-0.25, -0.2) is 4.68 Å².